The minimum Gasteiger partial charge on any atom is -0.365 e. The third-order valence-electron chi connectivity index (χ3n) is 6.12. The van der Waals surface area contributed by atoms with Crippen molar-refractivity contribution in [2.75, 3.05) is 5.32 Å². The van der Waals surface area contributed by atoms with Gasteiger partial charge in [-0.05, 0) is 36.4 Å². The molecule has 0 bridgehead atoms. The van der Waals surface area contributed by atoms with Crippen molar-refractivity contribution in [1.82, 2.24) is 29.3 Å². The Morgan fingerprint density at radius 2 is 1.85 bits per heavy atom. The van der Waals surface area contributed by atoms with Gasteiger partial charge in [0.1, 0.15) is 17.8 Å². The van der Waals surface area contributed by atoms with Gasteiger partial charge in [-0.25, -0.2) is 9.97 Å². The van der Waals surface area contributed by atoms with Crippen LogP contribution in [-0.2, 0) is 13.1 Å². The molecule has 0 saturated heterocycles. The molecule has 12 heteroatoms. The zero-order valence-corrected chi connectivity index (χ0v) is 24.1. The molecule has 0 atom stereocenters. The van der Waals surface area contributed by atoms with Crippen molar-refractivity contribution in [3.63, 3.8) is 0 Å². The second kappa shape index (κ2) is 11.6. The molecule has 5 aromatic rings. The van der Waals surface area contributed by atoms with Crippen molar-refractivity contribution >= 4 is 40.4 Å². The quantitative estimate of drug-likeness (QED) is 0.237. The number of pyridine rings is 2. The molecular formula is C29H26ClN7O3S. The normalized spacial score (nSPS) is 11.4. The molecule has 0 aliphatic carbocycles. The van der Waals surface area contributed by atoms with E-state index in [9.17, 15) is 14.4 Å². The molecule has 0 fully saturated rings. The summed E-state index contributed by atoms with van der Waals surface area (Å²) in [5, 5.41) is 7.94. The summed E-state index contributed by atoms with van der Waals surface area (Å²) < 4.78 is 3.32. The summed E-state index contributed by atoms with van der Waals surface area (Å²) in [4.78, 5) is 53.1. The number of anilines is 1. The minimum absolute atomic E-state index is 0.192. The maximum atomic E-state index is 13.5. The number of hydrogen-bond donors (Lipinski definition) is 1. The molecular weight excluding hydrogens is 562 g/mol. The van der Waals surface area contributed by atoms with Crippen molar-refractivity contribution in [2.45, 2.75) is 33.9 Å². The molecule has 5 aromatic heterocycles. The van der Waals surface area contributed by atoms with E-state index < -0.39 is 11.0 Å². The molecule has 0 unspecified atom stereocenters. The average Bonchev–Trinajstić information content (AvgIpc) is 3.58. The lowest BCUT2D eigenvalue weighted by Gasteiger charge is -2.18. The van der Waals surface area contributed by atoms with Crippen molar-refractivity contribution < 1.29 is 9.59 Å². The average molecular weight is 588 g/mol. The van der Waals surface area contributed by atoms with Gasteiger partial charge in [0, 0.05) is 40.5 Å². The standard InChI is InChI=1S/C29H26ClN7O3S/c1-29(2,3)28(40)37-26(33-14-19-7-8-25(30)41-19)13-23(35-37)18-12-20(21-6-4-5-10-32-21)27(39)36(15-18)16-24(38)22-9-11-31-17-34-22/h4-13,15,17,33H,14,16H2,1-3H3. The molecule has 208 valence electrons. The number of aromatic nitrogens is 6. The van der Waals surface area contributed by atoms with E-state index >= 15 is 0 Å². The Hall–Kier alpha value is -4.48. The highest BCUT2D eigenvalue weighted by Gasteiger charge is 2.27. The number of rotatable bonds is 8. The van der Waals surface area contributed by atoms with Crippen LogP contribution in [0.25, 0.3) is 22.5 Å². The fraction of sp³-hybridized carbons (Fsp3) is 0.207. The smallest absolute Gasteiger partial charge is 0.260 e. The molecule has 5 heterocycles. The topological polar surface area (TPSA) is 125 Å². The molecule has 0 spiro atoms. The molecule has 41 heavy (non-hydrogen) atoms. The monoisotopic (exact) mass is 587 g/mol. The summed E-state index contributed by atoms with van der Waals surface area (Å²) in [7, 11) is 0. The Labute approximate surface area is 244 Å². The summed E-state index contributed by atoms with van der Waals surface area (Å²) in [6.45, 7) is 5.63. The van der Waals surface area contributed by atoms with E-state index in [2.05, 4.69) is 25.4 Å². The first-order valence-corrected chi connectivity index (χ1v) is 13.9. The van der Waals surface area contributed by atoms with Gasteiger partial charge in [-0.1, -0.05) is 38.4 Å². The second-order valence-corrected chi connectivity index (χ2v) is 12.0. The SMILES string of the molecule is CC(C)(C)C(=O)n1nc(-c2cc(-c3ccccn3)c(=O)n(CC(=O)c3ccncn3)c2)cc1NCc1ccc(Cl)s1. The van der Waals surface area contributed by atoms with Crippen LogP contribution in [0.2, 0.25) is 4.34 Å². The van der Waals surface area contributed by atoms with Crippen LogP contribution < -0.4 is 10.9 Å². The predicted molar refractivity (Wildman–Crippen MR) is 158 cm³/mol. The van der Waals surface area contributed by atoms with E-state index in [1.807, 2.05) is 32.9 Å². The molecule has 0 aromatic carbocycles. The number of Topliss-reactive ketones (excluding diaryl/α,β-unsaturated/α-hetero) is 1. The number of carbonyl (C=O) groups is 2. The van der Waals surface area contributed by atoms with Gasteiger partial charge in [0.25, 0.3) is 11.5 Å². The molecule has 0 amide bonds. The summed E-state index contributed by atoms with van der Waals surface area (Å²) in [6, 6.07) is 13.9. The van der Waals surface area contributed by atoms with E-state index in [0.29, 0.717) is 33.7 Å². The van der Waals surface area contributed by atoms with E-state index in [0.717, 1.165) is 4.88 Å². The fourth-order valence-electron chi connectivity index (χ4n) is 4.04. The van der Waals surface area contributed by atoms with Gasteiger partial charge in [-0.3, -0.25) is 19.4 Å². The van der Waals surface area contributed by atoms with Crippen LogP contribution in [0, 0.1) is 5.41 Å². The fourth-order valence-corrected chi connectivity index (χ4v) is 5.06. The Bertz CT molecular complexity index is 1770. The van der Waals surface area contributed by atoms with Crippen LogP contribution in [-0.4, -0.2) is 41.0 Å². The van der Waals surface area contributed by atoms with Crippen molar-refractivity contribution in [1.29, 1.82) is 0 Å². The van der Waals surface area contributed by atoms with Gasteiger partial charge in [-0.2, -0.15) is 9.78 Å². The van der Waals surface area contributed by atoms with E-state index in [1.165, 1.54) is 39.2 Å². The Morgan fingerprint density at radius 1 is 1.02 bits per heavy atom. The van der Waals surface area contributed by atoms with Crippen molar-refractivity contribution in [3.05, 3.63) is 98.7 Å². The van der Waals surface area contributed by atoms with Gasteiger partial charge in [0.05, 0.1) is 34.4 Å². The van der Waals surface area contributed by atoms with Gasteiger partial charge in [0.15, 0.2) is 0 Å². The highest BCUT2D eigenvalue weighted by molar-refractivity contribution is 7.16. The number of carbonyl (C=O) groups excluding carboxylic acids is 2. The lowest BCUT2D eigenvalue weighted by molar-refractivity contribution is 0.0752. The summed E-state index contributed by atoms with van der Waals surface area (Å²) in [6.07, 6.45) is 5.90. The third kappa shape index (κ3) is 6.31. The first kappa shape index (κ1) is 28.1. The number of thiophene rings is 1. The van der Waals surface area contributed by atoms with Crippen molar-refractivity contribution in [3.8, 4) is 22.5 Å². The first-order chi connectivity index (χ1) is 19.6. The van der Waals surface area contributed by atoms with Gasteiger partial charge in [0.2, 0.25) is 5.78 Å². The maximum absolute atomic E-state index is 13.5. The highest BCUT2D eigenvalue weighted by Crippen LogP contribution is 2.29. The van der Waals surface area contributed by atoms with Gasteiger partial charge < -0.3 is 9.88 Å². The van der Waals surface area contributed by atoms with Gasteiger partial charge in [-0.15, -0.1) is 11.3 Å². The predicted octanol–water partition coefficient (Wildman–Crippen LogP) is 5.46. The first-order valence-electron chi connectivity index (χ1n) is 12.7. The Kier molecular flexibility index (Phi) is 7.91. The molecule has 5 rings (SSSR count). The van der Waals surface area contributed by atoms with Crippen LogP contribution >= 0.6 is 22.9 Å². The number of nitrogens with zero attached hydrogens (tertiary/aromatic N) is 6. The zero-order valence-electron chi connectivity index (χ0n) is 22.5. The zero-order chi connectivity index (χ0) is 29.1. The lowest BCUT2D eigenvalue weighted by Crippen LogP contribution is -2.29. The van der Waals surface area contributed by atoms with E-state index in [4.69, 9.17) is 11.6 Å². The third-order valence-corrected chi connectivity index (χ3v) is 7.35. The Balaban J connectivity index is 1.60. The van der Waals surface area contributed by atoms with Crippen LogP contribution in [0.4, 0.5) is 5.82 Å². The molecule has 0 saturated carbocycles. The van der Waals surface area contributed by atoms with E-state index in [-0.39, 0.29) is 29.5 Å². The number of ketones is 1. The Morgan fingerprint density at radius 3 is 2.51 bits per heavy atom. The minimum atomic E-state index is -0.714. The molecule has 1 N–H and O–H groups in total. The number of halogens is 1. The van der Waals surface area contributed by atoms with Crippen LogP contribution in [0.3, 0.4) is 0 Å². The molecule has 0 aliphatic rings. The van der Waals surface area contributed by atoms with Crippen LogP contribution in [0.15, 0.2) is 78.2 Å². The maximum Gasteiger partial charge on any atom is 0.260 e. The summed E-state index contributed by atoms with van der Waals surface area (Å²) in [5.74, 6) is -0.0876. The highest BCUT2D eigenvalue weighted by atomic mass is 35.5. The molecule has 10 nitrogen and oxygen atoms in total. The second-order valence-electron chi connectivity index (χ2n) is 10.2. The van der Waals surface area contributed by atoms with Crippen molar-refractivity contribution in [2.24, 2.45) is 5.41 Å². The largest absolute Gasteiger partial charge is 0.365 e. The number of nitrogens with one attached hydrogen (secondary N) is 1. The number of hydrogen-bond acceptors (Lipinski definition) is 9. The molecule has 0 aliphatic heterocycles. The van der Waals surface area contributed by atoms with Gasteiger partial charge >= 0.3 is 0 Å². The van der Waals surface area contributed by atoms with E-state index in [1.54, 1.807) is 42.7 Å². The summed E-state index contributed by atoms with van der Waals surface area (Å²) in [5.41, 5.74) is 0.787. The van der Waals surface area contributed by atoms with Crippen LogP contribution in [0.5, 0.6) is 0 Å². The molecule has 0 radical (unpaired) electrons. The summed E-state index contributed by atoms with van der Waals surface area (Å²) >= 11 is 7.53. The van der Waals surface area contributed by atoms with Crippen LogP contribution in [0.1, 0.15) is 40.9 Å². The lowest BCUT2D eigenvalue weighted by atomic mass is 9.96.